The zero-order valence-electron chi connectivity index (χ0n) is 11.1. The fourth-order valence-corrected chi connectivity index (χ4v) is 3.54. The van der Waals surface area contributed by atoms with E-state index in [1.165, 1.54) is 0 Å². The van der Waals surface area contributed by atoms with E-state index >= 15 is 0 Å². The van der Waals surface area contributed by atoms with E-state index in [1.807, 2.05) is 0 Å². The third-order valence-electron chi connectivity index (χ3n) is 3.11. The van der Waals surface area contributed by atoms with E-state index in [-0.39, 0.29) is 10.1 Å². The van der Waals surface area contributed by atoms with Gasteiger partial charge in [-0.2, -0.15) is 0 Å². The topological polar surface area (TPSA) is 54.9 Å². The molecule has 118 valence electrons. The highest BCUT2D eigenvalue weighted by molar-refractivity contribution is 7.17. The Morgan fingerprint density at radius 1 is 1.45 bits per heavy atom. The Morgan fingerprint density at radius 3 is 2.68 bits per heavy atom. The molecule has 3 rings (SSSR count). The minimum atomic E-state index is -2.94. The summed E-state index contributed by atoms with van der Waals surface area (Å²) in [4.78, 5) is 19.9. The quantitative estimate of drug-likeness (QED) is 0.844. The summed E-state index contributed by atoms with van der Waals surface area (Å²) in [7, 11) is 0. The predicted octanol–water partition coefficient (Wildman–Crippen LogP) is 4.11. The molecule has 1 atom stereocenters. The Bertz CT molecular complexity index is 728. The molecule has 1 N–H and O–H groups in total. The number of nitrogens with zero attached hydrogens (tertiary/aromatic N) is 2. The minimum absolute atomic E-state index is 0.161. The highest BCUT2D eigenvalue weighted by Crippen LogP contribution is 2.49. The van der Waals surface area contributed by atoms with Crippen LogP contribution in [0.2, 0.25) is 0 Å². The van der Waals surface area contributed by atoms with Crippen LogP contribution in [0.5, 0.6) is 0 Å². The molecule has 2 heterocycles. The predicted molar refractivity (Wildman–Crippen MR) is 74.6 cm³/mol. The maximum atomic E-state index is 12.8. The van der Waals surface area contributed by atoms with E-state index in [0.29, 0.717) is 16.3 Å². The molecule has 2 aromatic heterocycles. The van der Waals surface area contributed by atoms with Crippen molar-refractivity contribution in [3.05, 3.63) is 16.1 Å². The summed E-state index contributed by atoms with van der Waals surface area (Å²) >= 11 is 1.87. The van der Waals surface area contributed by atoms with Gasteiger partial charge in [-0.3, -0.25) is 4.79 Å². The number of carbonyl (C=O) groups excluding carboxylic acids is 1. The van der Waals surface area contributed by atoms with Crippen LogP contribution in [0.25, 0.3) is 10.6 Å². The van der Waals surface area contributed by atoms with Crippen LogP contribution in [0.15, 0.2) is 5.38 Å². The molecule has 0 aliphatic heterocycles. The van der Waals surface area contributed by atoms with E-state index in [1.54, 1.807) is 12.3 Å². The van der Waals surface area contributed by atoms with Crippen LogP contribution < -0.4 is 5.32 Å². The number of halogens is 4. The van der Waals surface area contributed by atoms with E-state index < -0.39 is 30.6 Å². The molecule has 1 amide bonds. The Labute approximate surface area is 130 Å². The van der Waals surface area contributed by atoms with Gasteiger partial charge in [0.1, 0.15) is 5.92 Å². The molecule has 0 saturated heterocycles. The van der Waals surface area contributed by atoms with Gasteiger partial charge in [-0.15, -0.1) is 22.7 Å². The summed E-state index contributed by atoms with van der Waals surface area (Å²) in [6.07, 6.45) is -3.12. The summed E-state index contributed by atoms with van der Waals surface area (Å²) in [5.74, 6) is -5.03. The second kappa shape index (κ2) is 5.27. The number of carbonyl (C=O) groups is 1. The number of hydrogen-bond donors (Lipinski definition) is 1. The summed E-state index contributed by atoms with van der Waals surface area (Å²) in [6.45, 7) is 1.58. The largest absolute Gasteiger partial charge is 0.302 e. The number of anilines is 1. The van der Waals surface area contributed by atoms with Crippen molar-refractivity contribution in [3.63, 3.8) is 0 Å². The summed E-state index contributed by atoms with van der Waals surface area (Å²) in [5.41, 5.74) is 0.807. The summed E-state index contributed by atoms with van der Waals surface area (Å²) in [5, 5.41) is 3.75. The maximum absolute atomic E-state index is 12.8. The minimum Gasteiger partial charge on any atom is -0.302 e. The molecule has 0 bridgehead atoms. The fourth-order valence-electron chi connectivity index (χ4n) is 1.87. The van der Waals surface area contributed by atoms with Gasteiger partial charge >= 0.3 is 0 Å². The molecule has 22 heavy (non-hydrogen) atoms. The summed E-state index contributed by atoms with van der Waals surface area (Å²) < 4.78 is 50.8. The van der Waals surface area contributed by atoms with Crippen LogP contribution in [0, 0.1) is 12.8 Å². The van der Waals surface area contributed by atoms with Crippen molar-refractivity contribution in [2.24, 2.45) is 5.92 Å². The van der Waals surface area contributed by atoms with Gasteiger partial charge in [0.05, 0.1) is 16.3 Å². The van der Waals surface area contributed by atoms with Crippen LogP contribution >= 0.6 is 22.7 Å². The molecule has 1 aliphatic rings. The van der Waals surface area contributed by atoms with Crippen LogP contribution in [-0.2, 0) is 4.79 Å². The van der Waals surface area contributed by atoms with Gasteiger partial charge in [0.25, 0.3) is 12.3 Å². The van der Waals surface area contributed by atoms with Crippen molar-refractivity contribution in [2.45, 2.75) is 25.7 Å². The van der Waals surface area contributed by atoms with Gasteiger partial charge in [-0.25, -0.2) is 27.5 Å². The number of alkyl halides is 4. The number of aromatic nitrogens is 2. The van der Waals surface area contributed by atoms with Crippen molar-refractivity contribution in [1.29, 1.82) is 0 Å². The third kappa shape index (κ3) is 2.84. The lowest BCUT2D eigenvalue weighted by Gasteiger charge is -1.99. The first-order valence-corrected chi connectivity index (χ1v) is 7.87. The lowest BCUT2D eigenvalue weighted by Crippen LogP contribution is -2.17. The van der Waals surface area contributed by atoms with E-state index in [9.17, 15) is 22.4 Å². The highest BCUT2D eigenvalue weighted by atomic mass is 32.1. The Hall–Kier alpha value is -1.55. The lowest BCUT2D eigenvalue weighted by atomic mass is 10.3. The molecule has 1 unspecified atom stereocenters. The number of amides is 1. The zero-order valence-corrected chi connectivity index (χ0v) is 12.7. The average molecular weight is 351 g/mol. The second-order valence-electron chi connectivity index (χ2n) is 4.81. The van der Waals surface area contributed by atoms with Crippen LogP contribution in [0.1, 0.15) is 23.5 Å². The molecule has 0 aromatic carbocycles. The third-order valence-corrected chi connectivity index (χ3v) is 5.05. The Morgan fingerprint density at radius 2 is 2.14 bits per heavy atom. The number of aryl methyl sites for hydroxylation is 1. The Kier molecular flexibility index (Phi) is 3.68. The lowest BCUT2D eigenvalue weighted by molar-refractivity contribution is -0.119. The SMILES string of the molecule is Cc1nc(C(F)F)sc1-c1csc(NC(=O)C2CC2(F)F)n1. The van der Waals surface area contributed by atoms with Crippen molar-refractivity contribution >= 4 is 33.7 Å². The highest BCUT2D eigenvalue weighted by Gasteiger charge is 2.61. The molecule has 1 fully saturated rings. The monoisotopic (exact) mass is 351 g/mol. The number of thiazole rings is 2. The van der Waals surface area contributed by atoms with Crippen LogP contribution in [-0.4, -0.2) is 21.8 Å². The van der Waals surface area contributed by atoms with Crippen molar-refractivity contribution in [2.75, 3.05) is 5.32 Å². The molecule has 2 aromatic rings. The number of nitrogens with one attached hydrogen (secondary N) is 1. The first-order chi connectivity index (χ1) is 10.3. The first kappa shape index (κ1) is 15.3. The van der Waals surface area contributed by atoms with Gasteiger partial charge < -0.3 is 5.32 Å². The molecule has 1 aliphatic carbocycles. The van der Waals surface area contributed by atoms with Crippen molar-refractivity contribution in [3.8, 4) is 10.6 Å². The fraction of sp³-hybridized carbons (Fsp3) is 0.417. The molecule has 0 radical (unpaired) electrons. The van der Waals surface area contributed by atoms with E-state index in [4.69, 9.17) is 0 Å². The van der Waals surface area contributed by atoms with Gasteiger partial charge in [-0.05, 0) is 6.92 Å². The zero-order chi connectivity index (χ0) is 16.1. The van der Waals surface area contributed by atoms with Crippen molar-refractivity contribution < 1.29 is 22.4 Å². The van der Waals surface area contributed by atoms with Crippen LogP contribution in [0.4, 0.5) is 22.7 Å². The van der Waals surface area contributed by atoms with Crippen LogP contribution in [0.3, 0.4) is 0 Å². The standard InChI is InChI=1S/C12H9F4N3OS2/c1-4-7(22-10(17-4)8(13)14)6-3-21-11(18-6)19-9(20)5-2-12(5,15)16/h3,5,8H,2H2,1H3,(H,18,19,20). The maximum Gasteiger partial charge on any atom is 0.289 e. The van der Waals surface area contributed by atoms with E-state index in [0.717, 1.165) is 22.7 Å². The van der Waals surface area contributed by atoms with Gasteiger partial charge in [0.15, 0.2) is 10.1 Å². The molecular weight excluding hydrogens is 342 g/mol. The molecule has 0 spiro atoms. The van der Waals surface area contributed by atoms with E-state index in [2.05, 4.69) is 15.3 Å². The van der Waals surface area contributed by atoms with Crippen molar-refractivity contribution in [1.82, 2.24) is 9.97 Å². The molecule has 10 heteroatoms. The summed E-state index contributed by atoms with van der Waals surface area (Å²) in [6, 6.07) is 0. The molecular formula is C12H9F4N3OS2. The van der Waals surface area contributed by atoms with Gasteiger partial charge in [-0.1, -0.05) is 0 Å². The molecule has 1 saturated carbocycles. The Balaban J connectivity index is 1.75. The average Bonchev–Trinajstić information content (AvgIpc) is 2.80. The van der Waals surface area contributed by atoms with Gasteiger partial charge in [0.2, 0.25) is 5.91 Å². The first-order valence-electron chi connectivity index (χ1n) is 6.18. The number of rotatable bonds is 4. The second-order valence-corrected chi connectivity index (χ2v) is 6.70. The smallest absolute Gasteiger partial charge is 0.289 e. The molecule has 4 nitrogen and oxygen atoms in total. The number of hydrogen-bond acceptors (Lipinski definition) is 5. The van der Waals surface area contributed by atoms with Gasteiger partial charge in [0, 0.05) is 11.8 Å². The normalized spacial score (nSPS) is 19.5.